The van der Waals surface area contributed by atoms with Crippen LogP contribution in [0.4, 0.5) is 15.8 Å². The van der Waals surface area contributed by atoms with Gasteiger partial charge in [0.05, 0.1) is 16.0 Å². The summed E-state index contributed by atoms with van der Waals surface area (Å²) < 4.78 is 13.1. The van der Waals surface area contributed by atoms with Gasteiger partial charge in [-0.3, -0.25) is 10.1 Å². The molecule has 1 aromatic rings. The Hall–Kier alpha value is -1.36. The first-order valence-corrected chi connectivity index (χ1v) is 5.17. The molecular weight excluding hydrogens is 235 g/mol. The molecule has 0 atom stereocenters. The van der Waals surface area contributed by atoms with E-state index >= 15 is 0 Å². The zero-order valence-electron chi connectivity index (χ0n) is 8.96. The van der Waals surface area contributed by atoms with Gasteiger partial charge in [-0.2, -0.15) is 0 Å². The Morgan fingerprint density at radius 1 is 1.56 bits per heavy atom. The number of rotatable bonds is 4. The van der Waals surface area contributed by atoms with E-state index in [9.17, 15) is 14.5 Å². The van der Waals surface area contributed by atoms with Gasteiger partial charge in [0.2, 0.25) is 0 Å². The van der Waals surface area contributed by atoms with Crippen LogP contribution in [0.3, 0.4) is 0 Å². The van der Waals surface area contributed by atoms with Gasteiger partial charge in [0.15, 0.2) is 0 Å². The first-order chi connectivity index (χ1) is 7.41. The first kappa shape index (κ1) is 12.7. The highest BCUT2D eigenvalue weighted by Gasteiger charge is 2.17. The van der Waals surface area contributed by atoms with E-state index in [2.05, 4.69) is 5.32 Å². The van der Waals surface area contributed by atoms with Crippen LogP contribution < -0.4 is 5.32 Å². The van der Waals surface area contributed by atoms with Crippen LogP contribution in [0, 0.1) is 21.8 Å². The van der Waals surface area contributed by atoms with Gasteiger partial charge in [-0.1, -0.05) is 25.4 Å². The molecule has 0 saturated heterocycles. The monoisotopic (exact) mass is 246 g/mol. The molecule has 0 saturated carbocycles. The van der Waals surface area contributed by atoms with Crippen LogP contribution in [0.5, 0.6) is 0 Å². The Morgan fingerprint density at radius 2 is 2.19 bits per heavy atom. The molecule has 0 aliphatic heterocycles. The van der Waals surface area contributed by atoms with Gasteiger partial charge in [0.1, 0.15) is 11.5 Å². The maximum Gasteiger partial charge on any atom is 0.295 e. The van der Waals surface area contributed by atoms with E-state index in [1.165, 1.54) is 6.07 Å². The van der Waals surface area contributed by atoms with Crippen LogP contribution in [0.15, 0.2) is 12.1 Å². The van der Waals surface area contributed by atoms with Crippen LogP contribution in [-0.2, 0) is 0 Å². The molecule has 0 fully saturated rings. The number of nitrogens with zero attached hydrogens (tertiary/aromatic N) is 1. The predicted molar refractivity (Wildman–Crippen MR) is 61.4 cm³/mol. The van der Waals surface area contributed by atoms with Crippen molar-refractivity contribution >= 4 is 23.0 Å². The van der Waals surface area contributed by atoms with E-state index in [-0.39, 0.29) is 16.4 Å². The average Bonchev–Trinajstić information content (AvgIpc) is 2.18. The van der Waals surface area contributed by atoms with Crippen LogP contribution in [0.25, 0.3) is 0 Å². The molecule has 0 bridgehead atoms. The highest BCUT2D eigenvalue weighted by molar-refractivity contribution is 6.31. The molecular formula is C10H12ClFN2O2. The van der Waals surface area contributed by atoms with Crippen molar-refractivity contribution < 1.29 is 9.31 Å². The zero-order valence-corrected chi connectivity index (χ0v) is 9.71. The smallest absolute Gasteiger partial charge is 0.295 e. The summed E-state index contributed by atoms with van der Waals surface area (Å²) in [7, 11) is 0. The van der Waals surface area contributed by atoms with Gasteiger partial charge < -0.3 is 5.32 Å². The molecule has 0 unspecified atom stereocenters. The Labute approximate surface area is 97.6 Å². The third-order valence-electron chi connectivity index (χ3n) is 1.94. The van der Waals surface area contributed by atoms with Crippen LogP contribution in [-0.4, -0.2) is 11.5 Å². The van der Waals surface area contributed by atoms with E-state index in [0.29, 0.717) is 12.5 Å². The molecule has 1 aromatic carbocycles. The maximum atomic E-state index is 13.1. The molecule has 16 heavy (non-hydrogen) atoms. The highest BCUT2D eigenvalue weighted by atomic mass is 35.5. The average molecular weight is 247 g/mol. The summed E-state index contributed by atoms with van der Waals surface area (Å²) in [5.41, 5.74) is -0.0624. The van der Waals surface area contributed by atoms with E-state index in [1.54, 1.807) is 0 Å². The summed E-state index contributed by atoms with van der Waals surface area (Å²) in [4.78, 5) is 10.0. The lowest BCUT2D eigenvalue weighted by Gasteiger charge is -2.09. The second-order valence-electron chi connectivity index (χ2n) is 3.82. The van der Waals surface area contributed by atoms with E-state index in [1.807, 2.05) is 13.8 Å². The van der Waals surface area contributed by atoms with Crippen LogP contribution >= 0.6 is 11.6 Å². The lowest BCUT2D eigenvalue weighted by Crippen LogP contribution is -2.09. The number of nitro groups is 1. The Kier molecular flexibility index (Phi) is 4.06. The number of nitrogens with one attached hydrogen (secondary N) is 1. The molecule has 0 amide bonds. The van der Waals surface area contributed by atoms with Gasteiger partial charge >= 0.3 is 0 Å². The number of benzene rings is 1. The molecule has 0 aliphatic carbocycles. The largest absolute Gasteiger partial charge is 0.379 e. The normalized spacial score (nSPS) is 10.6. The molecule has 0 heterocycles. The molecule has 6 heteroatoms. The number of hydrogen-bond acceptors (Lipinski definition) is 3. The minimum atomic E-state index is -0.788. The topological polar surface area (TPSA) is 55.2 Å². The molecule has 0 aliphatic rings. The summed E-state index contributed by atoms with van der Waals surface area (Å²) in [6, 6.07) is 2.06. The molecule has 0 spiro atoms. The Balaban J connectivity index is 3.05. The van der Waals surface area contributed by atoms with E-state index in [4.69, 9.17) is 11.6 Å². The Bertz CT molecular complexity index is 410. The van der Waals surface area contributed by atoms with Crippen LogP contribution in [0.2, 0.25) is 5.02 Å². The van der Waals surface area contributed by atoms with Gasteiger partial charge in [-0.05, 0) is 12.0 Å². The predicted octanol–water partition coefficient (Wildman–Crippen LogP) is 3.46. The van der Waals surface area contributed by atoms with Crippen molar-refractivity contribution in [1.82, 2.24) is 0 Å². The van der Waals surface area contributed by atoms with Crippen molar-refractivity contribution in [3.05, 3.63) is 33.1 Å². The third-order valence-corrected chi connectivity index (χ3v) is 2.23. The molecule has 1 N–H and O–H groups in total. The zero-order chi connectivity index (χ0) is 12.3. The fourth-order valence-electron chi connectivity index (χ4n) is 1.14. The first-order valence-electron chi connectivity index (χ1n) is 4.79. The molecule has 88 valence electrons. The fourth-order valence-corrected chi connectivity index (χ4v) is 1.31. The quantitative estimate of drug-likeness (QED) is 0.654. The maximum absolute atomic E-state index is 13.1. The summed E-state index contributed by atoms with van der Waals surface area (Å²) >= 11 is 5.57. The number of anilines is 1. The van der Waals surface area contributed by atoms with Crippen LogP contribution in [0.1, 0.15) is 13.8 Å². The minimum Gasteiger partial charge on any atom is -0.379 e. The van der Waals surface area contributed by atoms with Crippen molar-refractivity contribution in [2.24, 2.45) is 5.92 Å². The van der Waals surface area contributed by atoms with Crippen molar-refractivity contribution in [3.8, 4) is 0 Å². The van der Waals surface area contributed by atoms with Crippen molar-refractivity contribution in [1.29, 1.82) is 0 Å². The van der Waals surface area contributed by atoms with E-state index in [0.717, 1.165) is 6.07 Å². The second kappa shape index (κ2) is 5.12. The molecule has 0 radical (unpaired) electrons. The highest BCUT2D eigenvalue weighted by Crippen LogP contribution is 2.30. The van der Waals surface area contributed by atoms with Crippen molar-refractivity contribution in [2.45, 2.75) is 13.8 Å². The van der Waals surface area contributed by atoms with E-state index < -0.39 is 10.7 Å². The van der Waals surface area contributed by atoms with Crippen molar-refractivity contribution in [3.63, 3.8) is 0 Å². The van der Waals surface area contributed by atoms with Gasteiger partial charge in [-0.15, -0.1) is 0 Å². The SMILES string of the molecule is CC(C)CNc1cc(Cl)c(F)cc1[N+](=O)[O-]. The summed E-state index contributed by atoms with van der Waals surface area (Å²) in [6.07, 6.45) is 0. The molecule has 0 aromatic heterocycles. The number of hydrogen-bond donors (Lipinski definition) is 1. The lowest BCUT2D eigenvalue weighted by molar-refractivity contribution is -0.384. The standard InChI is InChI=1S/C10H12ClFN2O2/c1-6(2)5-13-9-3-7(11)8(12)4-10(9)14(15)16/h3-4,6,13H,5H2,1-2H3. The lowest BCUT2D eigenvalue weighted by atomic mass is 10.2. The number of nitro benzene ring substituents is 1. The Morgan fingerprint density at radius 3 is 2.69 bits per heavy atom. The van der Waals surface area contributed by atoms with Gasteiger partial charge in [0.25, 0.3) is 5.69 Å². The van der Waals surface area contributed by atoms with Gasteiger partial charge in [0, 0.05) is 6.54 Å². The second-order valence-corrected chi connectivity index (χ2v) is 4.22. The summed E-state index contributed by atoms with van der Waals surface area (Å²) in [5.74, 6) is -0.466. The summed E-state index contributed by atoms with van der Waals surface area (Å²) in [5, 5.41) is 13.4. The fraction of sp³-hybridized carbons (Fsp3) is 0.400. The molecule has 1 rings (SSSR count). The minimum absolute atomic E-state index is 0.128. The summed E-state index contributed by atoms with van der Waals surface area (Å²) in [6.45, 7) is 4.48. The van der Waals surface area contributed by atoms with Crippen molar-refractivity contribution in [2.75, 3.05) is 11.9 Å². The molecule has 4 nitrogen and oxygen atoms in total. The number of halogens is 2. The van der Waals surface area contributed by atoms with Gasteiger partial charge in [-0.25, -0.2) is 4.39 Å². The third kappa shape index (κ3) is 3.06.